The van der Waals surface area contributed by atoms with E-state index in [0.717, 1.165) is 39.8 Å². The number of hydrogen-bond acceptors (Lipinski definition) is 5. The maximum Gasteiger partial charge on any atom is 0.241 e. The van der Waals surface area contributed by atoms with Crippen molar-refractivity contribution in [3.63, 3.8) is 0 Å². The summed E-state index contributed by atoms with van der Waals surface area (Å²) in [5.74, 6) is 0.249. The van der Waals surface area contributed by atoms with Gasteiger partial charge in [0, 0.05) is 31.3 Å². The zero-order chi connectivity index (χ0) is 23.2. The van der Waals surface area contributed by atoms with Crippen LogP contribution in [0.4, 0.5) is 0 Å². The van der Waals surface area contributed by atoms with E-state index in [9.17, 15) is 13.2 Å². The number of ether oxygens (including phenoxy) is 1. The Bertz CT molecular complexity index is 1020. The third-order valence-corrected chi connectivity index (χ3v) is 7.35. The highest BCUT2D eigenvalue weighted by atomic mass is 32.2. The van der Waals surface area contributed by atoms with Crippen LogP contribution in [0.3, 0.4) is 0 Å². The van der Waals surface area contributed by atoms with Gasteiger partial charge in [-0.2, -0.15) is 0 Å². The van der Waals surface area contributed by atoms with E-state index in [4.69, 9.17) is 4.74 Å². The van der Waals surface area contributed by atoms with Crippen LogP contribution < -0.4 is 14.8 Å². The number of rotatable bonds is 10. The monoisotopic (exact) mass is 447 g/mol. The van der Waals surface area contributed by atoms with Crippen molar-refractivity contribution in [1.82, 2.24) is 15.0 Å². The summed E-state index contributed by atoms with van der Waals surface area (Å²) in [5, 5.41) is 2.80. The first-order valence-corrected chi connectivity index (χ1v) is 12.0. The van der Waals surface area contributed by atoms with E-state index in [1.165, 1.54) is 0 Å². The number of amides is 1. The standard InChI is InChI=1S/C23H33N3O4S/c1-7-13-30-23-20(9-8-11-24-23)14-25-21(27)10-12-26-31(28,29)22-18(5)16(3)15(2)17(4)19(22)6/h8-9,11,26H,7,10,12-14H2,1-6H3,(H,25,27). The van der Waals surface area contributed by atoms with Crippen LogP contribution in [0.1, 0.15) is 53.1 Å². The average Bonchev–Trinajstić information content (AvgIpc) is 2.73. The fourth-order valence-electron chi connectivity index (χ4n) is 3.41. The van der Waals surface area contributed by atoms with Crippen molar-refractivity contribution in [1.29, 1.82) is 0 Å². The number of nitrogens with zero attached hydrogens (tertiary/aromatic N) is 1. The molecule has 1 amide bonds. The molecule has 1 aromatic heterocycles. The molecule has 0 atom stereocenters. The van der Waals surface area contributed by atoms with Crippen LogP contribution in [-0.4, -0.2) is 32.5 Å². The van der Waals surface area contributed by atoms with Crippen LogP contribution in [0, 0.1) is 34.6 Å². The molecule has 2 aromatic rings. The Labute approximate surface area is 185 Å². The van der Waals surface area contributed by atoms with Gasteiger partial charge in [-0.1, -0.05) is 13.0 Å². The molecule has 0 aliphatic heterocycles. The molecule has 0 saturated carbocycles. The van der Waals surface area contributed by atoms with Crippen molar-refractivity contribution < 1.29 is 17.9 Å². The summed E-state index contributed by atoms with van der Waals surface area (Å²) in [6.07, 6.45) is 2.54. The van der Waals surface area contributed by atoms with E-state index in [0.29, 0.717) is 17.4 Å². The lowest BCUT2D eigenvalue weighted by Gasteiger charge is -2.19. The van der Waals surface area contributed by atoms with Crippen molar-refractivity contribution >= 4 is 15.9 Å². The number of benzene rings is 1. The summed E-state index contributed by atoms with van der Waals surface area (Å²) in [5.41, 5.74) is 5.31. The molecular weight excluding hydrogens is 414 g/mol. The fraction of sp³-hybridized carbons (Fsp3) is 0.478. The number of sulfonamides is 1. The Balaban J connectivity index is 1.98. The van der Waals surface area contributed by atoms with E-state index in [2.05, 4.69) is 15.0 Å². The van der Waals surface area contributed by atoms with Crippen LogP contribution in [-0.2, 0) is 21.4 Å². The lowest BCUT2D eigenvalue weighted by Crippen LogP contribution is -2.31. The van der Waals surface area contributed by atoms with Gasteiger partial charge in [0.2, 0.25) is 21.8 Å². The van der Waals surface area contributed by atoms with E-state index in [1.54, 1.807) is 12.3 Å². The molecule has 1 heterocycles. The number of carbonyl (C=O) groups is 1. The van der Waals surface area contributed by atoms with Gasteiger partial charge in [-0.15, -0.1) is 0 Å². The quantitative estimate of drug-likeness (QED) is 0.582. The van der Waals surface area contributed by atoms with Crippen molar-refractivity contribution in [2.24, 2.45) is 0 Å². The highest BCUT2D eigenvalue weighted by molar-refractivity contribution is 7.89. The topological polar surface area (TPSA) is 97.4 Å². The largest absolute Gasteiger partial charge is 0.477 e. The first kappa shape index (κ1) is 24.8. The zero-order valence-electron chi connectivity index (χ0n) is 19.3. The highest BCUT2D eigenvalue weighted by Gasteiger charge is 2.23. The summed E-state index contributed by atoms with van der Waals surface area (Å²) in [6.45, 7) is 12.4. The first-order chi connectivity index (χ1) is 14.6. The van der Waals surface area contributed by atoms with Crippen molar-refractivity contribution in [2.75, 3.05) is 13.2 Å². The molecule has 0 aliphatic carbocycles. The minimum Gasteiger partial charge on any atom is -0.477 e. The summed E-state index contributed by atoms with van der Waals surface area (Å²) >= 11 is 0. The Morgan fingerprint density at radius 1 is 1.03 bits per heavy atom. The van der Waals surface area contributed by atoms with Gasteiger partial charge in [0.25, 0.3) is 0 Å². The highest BCUT2D eigenvalue weighted by Crippen LogP contribution is 2.29. The SMILES string of the molecule is CCCOc1ncccc1CNC(=O)CCNS(=O)(=O)c1c(C)c(C)c(C)c(C)c1C. The molecule has 8 heteroatoms. The van der Waals surface area contributed by atoms with Gasteiger partial charge >= 0.3 is 0 Å². The van der Waals surface area contributed by atoms with Crippen LogP contribution in [0.15, 0.2) is 23.2 Å². The predicted molar refractivity (Wildman–Crippen MR) is 122 cm³/mol. The summed E-state index contributed by atoms with van der Waals surface area (Å²) in [6, 6.07) is 3.62. The van der Waals surface area contributed by atoms with E-state index >= 15 is 0 Å². The van der Waals surface area contributed by atoms with Gasteiger partial charge in [0.15, 0.2) is 0 Å². The van der Waals surface area contributed by atoms with Gasteiger partial charge in [-0.3, -0.25) is 4.79 Å². The van der Waals surface area contributed by atoms with E-state index in [1.807, 2.05) is 47.6 Å². The van der Waals surface area contributed by atoms with Gasteiger partial charge in [0.1, 0.15) is 0 Å². The maximum atomic E-state index is 12.9. The third kappa shape index (κ3) is 6.04. The Morgan fingerprint density at radius 2 is 1.65 bits per heavy atom. The third-order valence-electron chi connectivity index (χ3n) is 5.61. The van der Waals surface area contributed by atoms with E-state index < -0.39 is 10.0 Å². The molecule has 7 nitrogen and oxygen atoms in total. The van der Waals surface area contributed by atoms with Crippen LogP contribution in [0.25, 0.3) is 0 Å². The molecule has 0 unspecified atom stereocenters. The van der Waals surface area contributed by atoms with Gasteiger partial charge in [-0.25, -0.2) is 18.1 Å². The molecule has 0 saturated heterocycles. The van der Waals surface area contributed by atoms with Gasteiger partial charge in [-0.05, 0) is 74.9 Å². The molecule has 0 aliphatic rings. The Hall–Kier alpha value is -2.45. The van der Waals surface area contributed by atoms with Crippen molar-refractivity contribution in [2.45, 2.75) is 65.8 Å². The van der Waals surface area contributed by atoms with E-state index in [-0.39, 0.29) is 25.4 Å². The number of aromatic nitrogens is 1. The normalized spacial score (nSPS) is 11.4. The summed E-state index contributed by atoms with van der Waals surface area (Å²) in [7, 11) is -3.72. The number of carbonyl (C=O) groups excluding carboxylic acids is 1. The Morgan fingerprint density at radius 3 is 2.26 bits per heavy atom. The molecule has 170 valence electrons. The molecule has 1 aromatic carbocycles. The van der Waals surface area contributed by atoms with Crippen molar-refractivity contribution in [3.05, 3.63) is 51.7 Å². The number of hydrogen-bond donors (Lipinski definition) is 2. The fourth-order valence-corrected chi connectivity index (χ4v) is 5.04. The molecule has 0 radical (unpaired) electrons. The lowest BCUT2D eigenvalue weighted by atomic mass is 9.95. The van der Waals surface area contributed by atoms with Crippen LogP contribution in [0.2, 0.25) is 0 Å². The van der Waals surface area contributed by atoms with Crippen LogP contribution in [0.5, 0.6) is 5.88 Å². The lowest BCUT2D eigenvalue weighted by molar-refractivity contribution is -0.121. The smallest absolute Gasteiger partial charge is 0.241 e. The molecule has 0 spiro atoms. The predicted octanol–water partition coefficient (Wildman–Crippen LogP) is 3.40. The molecule has 31 heavy (non-hydrogen) atoms. The second-order valence-corrected chi connectivity index (χ2v) is 9.40. The molecule has 2 N–H and O–H groups in total. The van der Waals surface area contributed by atoms with Gasteiger partial charge in [0.05, 0.1) is 11.5 Å². The number of pyridine rings is 1. The minimum absolute atomic E-state index is 0.0191. The first-order valence-electron chi connectivity index (χ1n) is 10.5. The average molecular weight is 448 g/mol. The Kier molecular flexibility index (Phi) is 8.59. The molecule has 2 rings (SSSR count). The van der Waals surface area contributed by atoms with Crippen molar-refractivity contribution in [3.8, 4) is 5.88 Å². The second kappa shape index (κ2) is 10.7. The van der Waals surface area contributed by atoms with Gasteiger partial charge < -0.3 is 10.1 Å². The second-order valence-electron chi connectivity index (χ2n) is 7.69. The molecule has 0 bridgehead atoms. The summed E-state index contributed by atoms with van der Waals surface area (Å²) in [4.78, 5) is 16.7. The summed E-state index contributed by atoms with van der Waals surface area (Å²) < 4.78 is 34.0. The minimum atomic E-state index is -3.72. The number of nitrogens with one attached hydrogen (secondary N) is 2. The molecule has 0 fully saturated rings. The maximum absolute atomic E-state index is 12.9. The van der Waals surface area contributed by atoms with Crippen LogP contribution >= 0.6 is 0 Å². The molecular formula is C23H33N3O4S. The zero-order valence-corrected chi connectivity index (χ0v) is 20.1.